The predicted molar refractivity (Wildman–Crippen MR) is 120 cm³/mol. The van der Waals surface area contributed by atoms with Gasteiger partial charge in [0.2, 0.25) is 0 Å². The van der Waals surface area contributed by atoms with Gasteiger partial charge in [0.05, 0.1) is 19.7 Å². The van der Waals surface area contributed by atoms with Crippen molar-refractivity contribution in [2.45, 2.75) is 57.4 Å². The lowest BCUT2D eigenvalue weighted by molar-refractivity contribution is -0.140. The molecule has 0 amide bonds. The van der Waals surface area contributed by atoms with Gasteiger partial charge in [-0.1, -0.05) is 42.8 Å². The van der Waals surface area contributed by atoms with Crippen molar-refractivity contribution < 1.29 is 14.3 Å². The number of carbonyl (C=O) groups is 1. The van der Waals surface area contributed by atoms with E-state index < -0.39 is 0 Å². The van der Waals surface area contributed by atoms with Gasteiger partial charge in [0, 0.05) is 24.0 Å². The van der Waals surface area contributed by atoms with Crippen LogP contribution in [0, 0.1) is 0 Å². The van der Waals surface area contributed by atoms with Crippen molar-refractivity contribution in [3.05, 3.63) is 65.4 Å². The third kappa shape index (κ3) is 4.09. The standard InChI is InChI=1S/C26H31NO3/c1-29-23-16-9-15-22-26(23)25-20(13-8-17-24(28)30-2)12-6-7-14-21(25)27(22)18-19-10-4-3-5-11-19/h3-5,9-11,15-16,20H,6-8,12-14,17-18H2,1-2H3. The summed E-state index contributed by atoms with van der Waals surface area (Å²) in [5.74, 6) is 1.28. The quantitative estimate of drug-likeness (QED) is 0.366. The molecule has 4 heteroatoms. The van der Waals surface area contributed by atoms with E-state index in [-0.39, 0.29) is 5.97 Å². The minimum absolute atomic E-state index is 0.118. The maximum absolute atomic E-state index is 11.6. The number of carbonyl (C=O) groups excluding carboxylic acids is 1. The Hall–Kier alpha value is -2.75. The molecule has 0 bridgehead atoms. The highest BCUT2D eigenvalue weighted by Gasteiger charge is 2.28. The number of hydrogen-bond acceptors (Lipinski definition) is 3. The second kappa shape index (κ2) is 9.38. The smallest absolute Gasteiger partial charge is 0.305 e. The fraction of sp³-hybridized carbons (Fsp3) is 0.423. The molecule has 0 saturated carbocycles. The van der Waals surface area contributed by atoms with Gasteiger partial charge in [-0.3, -0.25) is 4.79 Å². The Morgan fingerprint density at radius 2 is 1.90 bits per heavy atom. The highest BCUT2D eigenvalue weighted by atomic mass is 16.5. The van der Waals surface area contributed by atoms with E-state index in [4.69, 9.17) is 9.47 Å². The first kappa shape index (κ1) is 20.5. The molecule has 1 unspecified atom stereocenters. The van der Waals surface area contributed by atoms with Gasteiger partial charge < -0.3 is 14.0 Å². The summed E-state index contributed by atoms with van der Waals surface area (Å²) in [4.78, 5) is 11.6. The number of methoxy groups -OCH3 is 2. The summed E-state index contributed by atoms with van der Waals surface area (Å²) in [6.45, 7) is 0.870. The first-order chi connectivity index (χ1) is 14.7. The topological polar surface area (TPSA) is 40.5 Å². The van der Waals surface area contributed by atoms with Gasteiger partial charge in [0.15, 0.2) is 0 Å². The van der Waals surface area contributed by atoms with E-state index in [1.54, 1.807) is 7.11 Å². The van der Waals surface area contributed by atoms with E-state index in [2.05, 4.69) is 53.1 Å². The monoisotopic (exact) mass is 405 g/mol. The van der Waals surface area contributed by atoms with E-state index in [0.29, 0.717) is 12.3 Å². The largest absolute Gasteiger partial charge is 0.496 e. The molecule has 0 N–H and O–H groups in total. The van der Waals surface area contributed by atoms with E-state index in [0.717, 1.165) is 38.0 Å². The Morgan fingerprint density at radius 1 is 1.07 bits per heavy atom. The molecular weight excluding hydrogens is 374 g/mol. The second-order valence-corrected chi connectivity index (χ2v) is 8.20. The van der Waals surface area contributed by atoms with Crippen LogP contribution >= 0.6 is 0 Å². The number of ether oxygens (including phenoxy) is 2. The van der Waals surface area contributed by atoms with Crippen molar-refractivity contribution in [1.29, 1.82) is 0 Å². The second-order valence-electron chi connectivity index (χ2n) is 8.20. The predicted octanol–water partition coefficient (Wildman–Crippen LogP) is 5.85. The normalized spacial score (nSPS) is 16.1. The Kier molecular flexibility index (Phi) is 6.41. The van der Waals surface area contributed by atoms with Crippen LogP contribution < -0.4 is 4.74 Å². The highest BCUT2D eigenvalue weighted by molar-refractivity contribution is 5.92. The Bertz CT molecular complexity index is 1010. The van der Waals surface area contributed by atoms with Crippen LogP contribution in [0.2, 0.25) is 0 Å². The molecule has 2 aromatic carbocycles. The first-order valence-electron chi connectivity index (χ1n) is 11.0. The van der Waals surface area contributed by atoms with Crippen molar-refractivity contribution in [2.24, 2.45) is 0 Å². The highest BCUT2D eigenvalue weighted by Crippen LogP contribution is 2.44. The lowest BCUT2D eigenvalue weighted by Crippen LogP contribution is -2.07. The maximum Gasteiger partial charge on any atom is 0.305 e. The molecule has 0 fully saturated rings. The van der Waals surface area contributed by atoms with Crippen LogP contribution in [0.1, 0.15) is 61.3 Å². The molecule has 1 aromatic heterocycles. The number of hydrogen-bond donors (Lipinski definition) is 0. The molecule has 0 radical (unpaired) electrons. The van der Waals surface area contributed by atoms with Gasteiger partial charge in [0.25, 0.3) is 0 Å². The van der Waals surface area contributed by atoms with Crippen LogP contribution in [0.25, 0.3) is 10.9 Å². The number of nitrogens with zero attached hydrogens (tertiary/aromatic N) is 1. The minimum Gasteiger partial charge on any atom is -0.496 e. The molecular formula is C26H31NO3. The van der Waals surface area contributed by atoms with Gasteiger partial charge in [-0.05, 0) is 61.3 Å². The summed E-state index contributed by atoms with van der Waals surface area (Å²) in [7, 11) is 3.23. The van der Waals surface area contributed by atoms with Crippen LogP contribution in [0.3, 0.4) is 0 Å². The molecule has 1 aliphatic carbocycles. The molecule has 4 nitrogen and oxygen atoms in total. The van der Waals surface area contributed by atoms with Gasteiger partial charge >= 0.3 is 5.97 Å². The van der Waals surface area contributed by atoms with Crippen LogP contribution in [0.4, 0.5) is 0 Å². The summed E-state index contributed by atoms with van der Waals surface area (Å²) >= 11 is 0. The third-order valence-electron chi connectivity index (χ3n) is 6.39. The fourth-order valence-corrected chi connectivity index (χ4v) is 4.99. The maximum atomic E-state index is 11.6. The van der Waals surface area contributed by atoms with Crippen LogP contribution in [-0.2, 0) is 22.5 Å². The molecule has 0 saturated heterocycles. The Balaban J connectivity index is 1.79. The van der Waals surface area contributed by atoms with E-state index in [1.807, 2.05) is 0 Å². The zero-order valence-electron chi connectivity index (χ0n) is 18.0. The average molecular weight is 406 g/mol. The minimum atomic E-state index is -0.118. The third-order valence-corrected chi connectivity index (χ3v) is 6.39. The molecule has 3 aromatic rings. The molecule has 1 heterocycles. The number of fused-ring (bicyclic) bond motifs is 3. The summed E-state index contributed by atoms with van der Waals surface area (Å²) in [5, 5.41) is 1.26. The molecule has 0 aliphatic heterocycles. The zero-order valence-corrected chi connectivity index (χ0v) is 18.0. The number of benzene rings is 2. The van der Waals surface area contributed by atoms with Crippen molar-refractivity contribution >= 4 is 16.9 Å². The molecule has 1 atom stereocenters. The van der Waals surface area contributed by atoms with Gasteiger partial charge in [-0.2, -0.15) is 0 Å². The number of aromatic nitrogens is 1. The molecule has 158 valence electrons. The van der Waals surface area contributed by atoms with Gasteiger partial charge in [-0.25, -0.2) is 0 Å². The number of rotatable bonds is 7. The van der Waals surface area contributed by atoms with Gasteiger partial charge in [0.1, 0.15) is 5.75 Å². The summed E-state index contributed by atoms with van der Waals surface area (Å²) in [6.07, 6.45) is 7.03. The Morgan fingerprint density at radius 3 is 2.67 bits per heavy atom. The lowest BCUT2D eigenvalue weighted by Gasteiger charge is -2.17. The average Bonchev–Trinajstić information content (AvgIpc) is 2.94. The number of esters is 1. The Labute approximate surface area is 178 Å². The zero-order chi connectivity index (χ0) is 20.9. The lowest BCUT2D eigenvalue weighted by atomic mass is 9.88. The first-order valence-corrected chi connectivity index (χ1v) is 11.0. The van der Waals surface area contributed by atoms with Gasteiger partial charge in [-0.15, -0.1) is 0 Å². The molecule has 4 rings (SSSR count). The van der Waals surface area contributed by atoms with Crippen molar-refractivity contribution in [1.82, 2.24) is 4.57 Å². The van der Waals surface area contributed by atoms with Crippen molar-refractivity contribution in [3.63, 3.8) is 0 Å². The van der Waals surface area contributed by atoms with Crippen LogP contribution in [0.5, 0.6) is 5.75 Å². The summed E-state index contributed by atoms with van der Waals surface area (Å²) in [6, 6.07) is 17.1. The van der Waals surface area contributed by atoms with E-state index >= 15 is 0 Å². The molecule has 1 aliphatic rings. The van der Waals surface area contributed by atoms with Crippen molar-refractivity contribution in [3.8, 4) is 5.75 Å². The van der Waals surface area contributed by atoms with Crippen LogP contribution in [0.15, 0.2) is 48.5 Å². The van der Waals surface area contributed by atoms with Crippen molar-refractivity contribution in [2.75, 3.05) is 14.2 Å². The fourth-order valence-electron chi connectivity index (χ4n) is 4.99. The SMILES string of the molecule is COC(=O)CCCC1CCCCc2c1c1c(OC)cccc1n2Cc1ccccc1. The summed E-state index contributed by atoms with van der Waals surface area (Å²) < 4.78 is 13.2. The summed E-state index contributed by atoms with van der Waals surface area (Å²) in [5.41, 5.74) is 5.45. The van der Waals surface area contributed by atoms with Crippen LogP contribution in [-0.4, -0.2) is 24.8 Å². The molecule has 30 heavy (non-hydrogen) atoms. The van der Waals surface area contributed by atoms with E-state index in [9.17, 15) is 4.79 Å². The molecule has 0 spiro atoms. The van der Waals surface area contributed by atoms with E-state index in [1.165, 1.54) is 47.7 Å².